The van der Waals surface area contributed by atoms with Gasteiger partial charge in [-0.1, -0.05) is 143 Å². The summed E-state index contributed by atoms with van der Waals surface area (Å²) in [4.78, 5) is 10.6. The molecule has 4 aliphatic carbocycles. The number of unbranched alkanes of at least 4 members (excludes halogenated alkanes) is 11. The van der Waals surface area contributed by atoms with Crippen molar-refractivity contribution in [1.29, 1.82) is 0 Å². The lowest BCUT2D eigenvalue weighted by atomic mass is 9.46. The Balaban J connectivity index is 1.12. The fraction of sp³-hybridized carbons (Fsp3) is 0.929. The van der Waals surface area contributed by atoms with Gasteiger partial charge in [0.2, 0.25) is 0 Å². The molecule has 4 unspecified atom stereocenters. The molecule has 0 amide bonds. The summed E-state index contributed by atoms with van der Waals surface area (Å²) >= 11 is 0. The van der Waals surface area contributed by atoms with Gasteiger partial charge in [0.15, 0.2) is 0 Å². The number of hydrogen-bond acceptors (Lipinski definition) is 1. The lowest BCUT2D eigenvalue weighted by Gasteiger charge is -2.58. The predicted molar refractivity (Wildman–Crippen MR) is 189 cm³/mol. The Kier molecular flexibility index (Phi) is 14.2. The van der Waals surface area contributed by atoms with Gasteiger partial charge in [0.1, 0.15) is 0 Å². The van der Waals surface area contributed by atoms with Crippen molar-refractivity contribution in [1.82, 2.24) is 0 Å². The van der Waals surface area contributed by atoms with Crippen LogP contribution in [-0.4, -0.2) is 11.1 Å². The van der Waals surface area contributed by atoms with Crippen molar-refractivity contribution in [3.63, 3.8) is 0 Å². The molecule has 2 nitrogen and oxygen atoms in total. The number of carbonyl (C=O) groups is 1. The van der Waals surface area contributed by atoms with Gasteiger partial charge < -0.3 is 5.11 Å². The largest absolute Gasteiger partial charge is 0.481 e. The third-order valence-corrected chi connectivity index (χ3v) is 14.2. The third-order valence-electron chi connectivity index (χ3n) is 14.2. The highest BCUT2D eigenvalue weighted by molar-refractivity contribution is 5.66. The molecule has 0 bridgehead atoms. The van der Waals surface area contributed by atoms with E-state index in [4.69, 9.17) is 5.11 Å². The van der Waals surface area contributed by atoms with E-state index in [1.165, 1.54) is 141 Å². The molecule has 8 atom stereocenters. The van der Waals surface area contributed by atoms with Crippen LogP contribution in [-0.2, 0) is 4.79 Å². The second kappa shape index (κ2) is 17.4. The molecule has 3 fully saturated rings. The molecule has 0 aromatic rings. The van der Waals surface area contributed by atoms with Crippen molar-refractivity contribution in [2.75, 3.05) is 0 Å². The van der Waals surface area contributed by atoms with Crippen molar-refractivity contribution in [2.24, 2.45) is 52.3 Å². The topological polar surface area (TPSA) is 37.3 Å². The van der Waals surface area contributed by atoms with Gasteiger partial charge >= 0.3 is 5.97 Å². The summed E-state index contributed by atoms with van der Waals surface area (Å²) in [5.74, 6) is 5.98. The smallest absolute Gasteiger partial charge is 0.303 e. The molecule has 3 saturated carbocycles. The van der Waals surface area contributed by atoms with Gasteiger partial charge in [0.25, 0.3) is 0 Å². The molecule has 0 aromatic carbocycles. The van der Waals surface area contributed by atoms with Crippen LogP contribution < -0.4 is 0 Å². The maximum Gasteiger partial charge on any atom is 0.303 e. The van der Waals surface area contributed by atoms with E-state index in [1.807, 2.05) is 5.57 Å². The fourth-order valence-electron chi connectivity index (χ4n) is 11.5. The zero-order valence-electron chi connectivity index (χ0n) is 30.2. The second-order valence-electron chi connectivity index (χ2n) is 17.6. The first kappa shape index (κ1) is 36.1. The third kappa shape index (κ3) is 9.40. The first-order chi connectivity index (χ1) is 21.1. The first-order valence-electron chi connectivity index (χ1n) is 20.1. The zero-order valence-corrected chi connectivity index (χ0v) is 30.2. The number of carboxylic acid groups (broad SMARTS) is 1. The molecule has 44 heavy (non-hydrogen) atoms. The Morgan fingerprint density at radius 3 is 2.05 bits per heavy atom. The molecule has 1 N–H and O–H groups in total. The number of hydrogen-bond donors (Lipinski definition) is 1. The lowest BCUT2D eigenvalue weighted by molar-refractivity contribution is -0.137. The Hall–Kier alpha value is -0.790. The highest BCUT2D eigenvalue weighted by Gasteiger charge is 2.59. The number of allylic oxidation sites excluding steroid dienone is 2. The summed E-state index contributed by atoms with van der Waals surface area (Å²) in [5, 5.41) is 8.71. The van der Waals surface area contributed by atoms with Crippen molar-refractivity contribution in [3.8, 4) is 0 Å². The Morgan fingerprint density at radius 2 is 1.41 bits per heavy atom. The van der Waals surface area contributed by atoms with E-state index in [1.54, 1.807) is 0 Å². The van der Waals surface area contributed by atoms with Crippen molar-refractivity contribution >= 4 is 5.97 Å². The summed E-state index contributed by atoms with van der Waals surface area (Å²) in [6.45, 7) is 12.9. The summed E-state index contributed by atoms with van der Waals surface area (Å²) in [6.07, 6.45) is 36.5. The van der Waals surface area contributed by atoms with Gasteiger partial charge in [-0.25, -0.2) is 0 Å². The molecule has 0 heterocycles. The molecule has 0 aromatic heterocycles. The van der Waals surface area contributed by atoms with Crippen LogP contribution in [0.3, 0.4) is 0 Å². The molecular weight excluding hydrogens is 536 g/mol. The molecular formula is C42H74O2. The zero-order chi connectivity index (χ0) is 31.6. The van der Waals surface area contributed by atoms with Gasteiger partial charge in [-0.3, -0.25) is 4.79 Å². The van der Waals surface area contributed by atoms with E-state index >= 15 is 0 Å². The van der Waals surface area contributed by atoms with E-state index in [-0.39, 0.29) is 0 Å². The Morgan fingerprint density at radius 1 is 0.773 bits per heavy atom. The summed E-state index contributed by atoms with van der Waals surface area (Å²) in [7, 11) is 0. The monoisotopic (exact) mass is 611 g/mol. The van der Waals surface area contributed by atoms with E-state index < -0.39 is 5.97 Å². The fourth-order valence-corrected chi connectivity index (χ4v) is 11.5. The van der Waals surface area contributed by atoms with Crippen LogP contribution in [0.25, 0.3) is 0 Å². The Bertz CT molecular complexity index is 888. The Labute approximate surface area is 274 Å². The highest BCUT2D eigenvalue weighted by atomic mass is 16.4. The van der Waals surface area contributed by atoms with Gasteiger partial charge in [-0.2, -0.15) is 0 Å². The van der Waals surface area contributed by atoms with E-state index in [9.17, 15) is 4.79 Å². The molecule has 2 heteroatoms. The van der Waals surface area contributed by atoms with Crippen LogP contribution in [0.1, 0.15) is 195 Å². The SMILES string of the molecule is CC(C)CCC[C@@H](C)[C@H]1CCC2C3CC=C4CC(CCCCCCCCCCCCCCC(=O)O)CC[C@]4(C)C3CC[C@@]21C. The normalized spacial score (nSPS) is 33.9. The minimum Gasteiger partial charge on any atom is -0.481 e. The van der Waals surface area contributed by atoms with Gasteiger partial charge in [-0.15, -0.1) is 0 Å². The molecule has 254 valence electrons. The van der Waals surface area contributed by atoms with Gasteiger partial charge in [0.05, 0.1) is 0 Å². The van der Waals surface area contributed by atoms with Crippen LogP contribution in [0.4, 0.5) is 0 Å². The molecule has 0 saturated heterocycles. The second-order valence-corrected chi connectivity index (χ2v) is 17.6. The summed E-state index contributed by atoms with van der Waals surface area (Å²) in [6, 6.07) is 0. The van der Waals surface area contributed by atoms with Crippen LogP contribution in [0.15, 0.2) is 11.6 Å². The first-order valence-corrected chi connectivity index (χ1v) is 20.1. The average Bonchev–Trinajstić information content (AvgIpc) is 3.34. The molecule has 0 radical (unpaired) electrons. The number of aliphatic carboxylic acids is 1. The van der Waals surface area contributed by atoms with Crippen molar-refractivity contribution < 1.29 is 9.90 Å². The minimum atomic E-state index is -0.646. The van der Waals surface area contributed by atoms with Crippen LogP contribution in [0.5, 0.6) is 0 Å². The number of rotatable bonds is 20. The number of fused-ring (bicyclic) bond motifs is 5. The highest BCUT2D eigenvalue weighted by Crippen LogP contribution is 2.67. The van der Waals surface area contributed by atoms with Gasteiger partial charge in [-0.05, 0) is 110 Å². The standard InChI is InChI=1S/C42H74O2/c1-32(2)19-18-20-33(3)37-25-26-38-36-24-23-35-31-34(27-29-41(35,4)39(36)28-30-42(37,38)5)21-16-14-12-10-8-6-7-9-11-13-15-17-22-40(43)44/h23,32-34,36-39H,6-22,24-31H2,1-5H3,(H,43,44)/t33-,34?,36?,37-,38?,39?,41+,42-/m1/s1. The predicted octanol–water partition coefficient (Wildman–Crippen LogP) is 13.2. The van der Waals surface area contributed by atoms with Crippen molar-refractivity contribution in [2.45, 2.75) is 195 Å². The maximum atomic E-state index is 10.6. The lowest BCUT2D eigenvalue weighted by Crippen LogP contribution is -2.50. The van der Waals surface area contributed by atoms with E-state index in [2.05, 4.69) is 40.7 Å². The van der Waals surface area contributed by atoms with Crippen LogP contribution >= 0.6 is 0 Å². The molecule has 0 spiro atoms. The number of carboxylic acids is 1. The summed E-state index contributed by atoms with van der Waals surface area (Å²) in [5.41, 5.74) is 3.03. The van der Waals surface area contributed by atoms with Crippen molar-refractivity contribution in [3.05, 3.63) is 11.6 Å². The summed E-state index contributed by atoms with van der Waals surface area (Å²) < 4.78 is 0. The molecule has 0 aliphatic heterocycles. The molecule has 4 aliphatic rings. The van der Waals surface area contributed by atoms with E-state index in [0.717, 1.165) is 54.3 Å². The van der Waals surface area contributed by atoms with Gasteiger partial charge in [0, 0.05) is 6.42 Å². The molecule has 4 rings (SSSR count). The van der Waals surface area contributed by atoms with Crippen LogP contribution in [0.2, 0.25) is 0 Å². The maximum absolute atomic E-state index is 10.6. The minimum absolute atomic E-state index is 0.345. The van der Waals surface area contributed by atoms with E-state index in [0.29, 0.717) is 17.3 Å². The van der Waals surface area contributed by atoms with Crippen LogP contribution in [0, 0.1) is 52.3 Å². The average molecular weight is 611 g/mol. The quantitative estimate of drug-likeness (QED) is 0.110.